The van der Waals surface area contributed by atoms with Gasteiger partial charge in [0.2, 0.25) is 0 Å². The molecule has 6 nitrogen and oxygen atoms in total. The minimum atomic E-state index is -0.476. The fraction of sp³-hybridized carbons (Fsp3) is 0.267. The van der Waals surface area contributed by atoms with Crippen LogP contribution in [0.3, 0.4) is 0 Å². The second-order valence-corrected chi connectivity index (χ2v) is 5.85. The van der Waals surface area contributed by atoms with Gasteiger partial charge in [0.05, 0.1) is 10.6 Å². The molecule has 0 spiro atoms. The molecule has 0 amide bonds. The van der Waals surface area contributed by atoms with Gasteiger partial charge in [0.25, 0.3) is 5.89 Å². The zero-order valence-electron chi connectivity index (χ0n) is 12.0. The smallest absolute Gasteiger partial charge is 0.280 e. The van der Waals surface area contributed by atoms with Crippen molar-refractivity contribution in [1.29, 1.82) is 0 Å². The Bertz CT molecular complexity index is 826. The fourth-order valence-corrected chi connectivity index (χ4v) is 2.76. The van der Waals surface area contributed by atoms with E-state index in [0.29, 0.717) is 22.3 Å². The average molecular weight is 353 g/mol. The summed E-state index contributed by atoms with van der Waals surface area (Å²) < 4.78 is 10.8. The van der Waals surface area contributed by atoms with Crippen molar-refractivity contribution in [3.8, 4) is 22.9 Å². The van der Waals surface area contributed by atoms with Gasteiger partial charge in [-0.05, 0) is 31.4 Å². The second kappa shape index (κ2) is 5.96. The van der Waals surface area contributed by atoms with Gasteiger partial charge in [-0.1, -0.05) is 28.9 Å². The van der Waals surface area contributed by atoms with E-state index in [4.69, 9.17) is 26.3 Å². The fourth-order valence-electron chi connectivity index (χ4n) is 2.54. The number of hydrogen-bond donors (Lipinski definition) is 1. The van der Waals surface area contributed by atoms with Crippen LogP contribution >= 0.6 is 24.0 Å². The molecule has 0 bridgehead atoms. The van der Waals surface area contributed by atoms with Gasteiger partial charge in [-0.15, -0.1) is 12.4 Å². The molecule has 2 heterocycles. The third-order valence-corrected chi connectivity index (χ3v) is 4.34. The predicted molar refractivity (Wildman–Crippen MR) is 87.2 cm³/mol. The van der Waals surface area contributed by atoms with Gasteiger partial charge in [-0.3, -0.25) is 0 Å². The molecule has 120 valence electrons. The monoisotopic (exact) mass is 352 g/mol. The lowest BCUT2D eigenvalue weighted by Gasteiger charge is -2.34. The number of nitrogens with two attached hydrogens (primary N) is 1. The molecule has 1 fully saturated rings. The molecule has 0 saturated heterocycles. The lowest BCUT2D eigenvalue weighted by atomic mass is 9.77. The van der Waals surface area contributed by atoms with E-state index in [2.05, 4.69) is 15.1 Å². The first-order valence-corrected chi connectivity index (χ1v) is 7.37. The summed E-state index contributed by atoms with van der Waals surface area (Å²) in [5.74, 6) is 1.30. The van der Waals surface area contributed by atoms with Gasteiger partial charge >= 0.3 is 0 Å². The maximum Gasteiger partial charge on any atom is 0.280 e. The van der Waals surface area contributed by atoms with Gasteiger partial charge in [0, 0.05) is 5.56 Å². The third kappa shape index (κ3) is 2.63. The topological polar surface area (TPSA) is 91.0 Å². The van der Waals surface area contributed by atoms with Gasteiger partial charge in [-0.2, -0.15) is 4.98 Å². The molecule has 0 atom stereocenters. The first-order chi connectivity index (χ1) is 10.7. The summed E-state index contributed by atoms with van der Waals surface area (Å²) in [7, 11) is 0. The SMILES string of the molecule is Cl.NC1(c2noc(-c3ncoc3-c3ccccc3Cl)n2)CCC1. The highest BCUT2D eigenvalue weighted by Crippen LogP contribution is 2.39. The normalized spacial score (nSPS) is 15.7. The number of nitrogens with zero attached hydrogens (tertiary/aromatic N) is 3. The Kier molecular flexibility index (Phi) is 4.14. The highest BCUT2D eigenvalue weighted by Gasteiger charge is 2.39. The largest absolute Gasteiger partial charge is 0.443 e. The molecule has 0 unspecified atom stereocenters. The van der Waals surface area contributed by atoms with Crippen molar-refractivity contribution in [1.82, 2.24) is 15.1 Å². The number of rotatable bonds is 3. The number of halogens is 2. The van der Waals surface area contributed by atoms with Crippen molar-refractivity contribution in [2.45, 2.75) is 24.8 Å². The summed E-state index contributed by atoms with van der Waals surface area (Å²) in [6.45, 7) is 0. The highest BCUT2D eigenvalue weighted by atomic mass is 35.5. The zero-order valence-corrected chi connectivity index (χ0v) is 13.6. The van der Waals surface area contributed by atoms with E-state index in [9.17, 15) is 0 Å². The minimum Gasteiger partial charge on any atom is -0.443 e. The lowest BCUT2D eigenvalue weighted by molar-refractivity contribution is 0.229. The summed E-state index contributed by atoms with van der Waals surface area (Å²) in [5, 5.41) is 4.56. The van der Waals surface area contributed by atoms with E-state index >= 15 is 0 Å². The van der Waals surface area contributed by atoms with Crippen LogP contribution in [0.2, 0.25) is 5.02 Å². The van der Waals surface area contributed by atoms with Crippen molar-refractivity contribution in [3.63, 3.8) is 0 Å². The Labute approximate surface area is 143 Å². The van der Waals surface area contributed by atoms with E-state index < -0.39 is 5.54 Å². The number of hydrogen-bond acceptors (Lipinski definition) is 6. The lowest BCUT2D eigenvalue weighted by Crippen LogP contribution is -2.44. The molecule has 0 radical (unpaired) electrons. The van der Waals surface area contributed by atoms with E-state index in [0.717, 1.165) is 24.8 Å². The van der Waals surface area contributed by atoms with E-state index in [1.165, 1.54) is 6.39 Å². The molecule has 0 aliphatic heterocycles. The Morgan fingerprint density at radius 3 is 2.70 bits per heavy atom. The van der Waals surface area contributed by atoms with Crippen molar-refractivity contribution in [2.24, 2.45) is 5.73 Å². The highest BCUT2D eigenvalue weighted by molar-refractivity contribution is 6.33. The minimum absolute atomic E-state index is 0. The quantitative estimate of drug-likeness (QED) is 0.770. The Morgan fingerprint density at radius 2 is 2.00 bits per heavy atom. The van der Waals surface area contributed by atoms with Gasteiger partial charge in [0.15, 0.2) is 23.7 Å². The number of aromatic nitrogens is 3. The summed E-state index contributed by atoms with van der Waals surface area (Å²) >= 11 is 6.21. The van der Waals surface area contributed by atoms with Crippen molar-refractivity contribution in [3.05, 3.63) is 41.5 Å². The molecular weight excluding hydrogens is 339 g/mol. The first kappa shape index (κ1) is 16.0. The third-order valence-electron chi connectivity index (χ3n) is 4.01. The van der Waals surface area contributed by atoms with Crippen LogP contribution in [-0.4, -0.2) is 15.1 Å². The van der Waals surface area contributed by atoms with Crippen LogP contribution in [0.5, 0.6) is 0 Å². The van der Waals surface area contributed by atoms with Crippen molar-refractivity contribution >= 4 is 24.0 Å². The summed E-state index contributed by atoms with van der Waals surface area (Å²) in [6, 6.07) is 7.35. The van der Waals surface area contributed by atoms with Crippen LogP contribution in [-0.2, 0) is 5.54 Å². The Balaban J connectivity index is 0.00000156. The number of oxazole rings is 1. The molecule has 3 aromatic rings. The molecule has 1 aliphatic carbocycles. The molecule has 23 heavy (non-hydrogen) atoms. The molecule has 2 aromatic heterocycles. The van der Waals surface area contributed by atoms with E-state index in [-0.39, 0.29) is 18.3 Å². The van der Waals surface area contributed by atoms with Crippen LogP contribution in [0.4, 0.5) is 0 Å². The van der Waals surface area contributed by atoms with Crippen LogP contribution in [0.15, 0.2) is 39.6 Å². The summed E-state index contributed by atoms with van der Waals surface area (Å²) in [5.41, 5.74) is 6.93. The molecule has 8 heteroatoms. The van der Waals surface area contributed by atoms with Crippen LogP contribution in [0.1, 0.15) is 25.1 Å². The van der Waals surface area contributed by atoms with Crippen LogP contribution in [0, 0.1) is 0 Å². The van der Waals surface area contributed by atoms with Crippen molar-refractivity contribution in [2.75, 3.05) is 0 Å². The Hall–Kier alpha value is -1.89. The maximum atomic E-state index is 6.21. The molecule has 1 aliphatic rings. The summed E-state index contributed by atoms with van der Waals surface area (Å²) in [6.07, 6.45) is 4.14. The second-order valence-electron chi connectivity index (χ2n) is 5.44. The Morgan fingerprint density at radius 1 is 1.22 bits per heavy atom. The summed E-state index contributed by atoms with van der Waals surface area (Å²) in [4.78, 5) is 8.57. The van der Waals surface area contributed by atoms with Crippen LogP contribution in [0.25, 0.3) is 22.9 Å². The van der Waals surface area contributed by atoms with Gasteiger partial charge in [0.1, 0.15) is 0 Å². The molecule has 2 N–H and O–H groups in total. The van der Waals surface area contributed by atoms with E-state index in [1.807, 2.05) is 18.2 Å². The molecular formula is C15H14Cl2N4O2. The van der Waals surface area contributed by atoms with Crippen LogP contribution < -0.4 is 5.73 Å². The molecule has 1 saturated carbocycles. The van der Waals surface area contributed by atoms with Crippen molar-refractivity contribution < 1.29 is 8.94 Å². The van der Waals surface area contributed by atoms with Gasteiger partial charge < -0.3 is 14.7 Å². The zero-order chi connectivity index (χ0) is 15.2. The maximum absolute atomic E-state index is 6.21. The molecule has 1 aromatic carbocycles. The first-order valence-electron chi connectivity index (χ1n) is 6.99. The number of benzene rings is 1. The predicted octanol–water partition coefficient (Wildman–Crippen LogP) is 3.80. The molecule has 4 rings (SSSR count). The van der Waals surface area contributed by atoms with E-state index in [1.54, 1.807) is 6.07 Å². The average Bonchev–Trinajstić information content (AvgIpc) is 3.14. The standard InChI is InChI=1S/C15H13ClN4O2.ClH/c16-10-5-2-1-4-9(10)12-11(18-8-21-12)13-19-14(20-22-13)15(17)6-3-7-15;/h1-2,4-5,8H,3,6-7,17H2;1H. The van der Waals surface area contributed by atoms with Gasteiger partial charge in [-0.25, -0.2) is 4.98 Å².